The Balaban J connectivity index is 2.71. The molecule has 0 amide bonds. The van der Waals surface area contributed by atoms with Gasteiger partial charge in [-0.2, -0.15) is 0 Å². The molecule has 4 heteroatoms. The normalized spacial score (nSPS) is 12.1. The number of nitrogens with two attached hydrogens (primary N) is 1. The molecule has 1 aromatic carbocycles. The molecule has 0 aliphatic heterocycles. The molecule has 1 radical (unpaired) electrons. The van der Waals surface area contributed by atoms with Crippen LogP contribution >= 0.6 is 0 Å². The van der Waals surface area contributed by atoms with Crippen molar-refractivity contribution in [3.63, 3.8) is 0 Å². The highest BCUT2D eigenvalue weighted by Gasteiger charge is 2.17. The van der Waals surface area contributed by atoms with Crippen molar-refractivity contribution in [2.24, 2.45) is 5.73 Å². The number of hydrogen-bond donors (Lipinski definition) is 2. The fourth-order valence-electron chi connectivity index (χ4n) is 1.05. The average Bonchev–Trinajstić information content (AvgIpc) is 2.17. The van der Waals surface area contributed by atoms with Crippen molar-refractivity contribution in [2.45, 2.75) is 12.5 Å². The number of carboxylic acids is 1. The van der Waals surface area contributed by atoms with Gasteiger partial charge in [-0.15, -0.1) is 0 Å². The SMILES string of the molecule is N[C@H](CC(=O)O)C(=O)c1cc[c]cc1. The Morgan fingerprint density at radius 3 is 2.50 bits per heavy atom. The molecule has 0 aromatic heterocycles. The summed E-state index contributed by atoms with van der Waals surface area (Å²) >= 11 is 0. The second-order valence-corrected chi connectivity index (χ2v) is 2.86. The first-order valence-electron chi connectivity index (χ1n) is 4.09. The molecule has 0 fully saturated rings. The Hall–Kier alpha value is -1.68. The van der Waals surface area contributed by atoms with Crippen LogP contribution < -0.4 is 5.73 Å². The topological polar surface area (TPSA) is 80.4 Å². The molecular formula is C10H10NO3. The lowest BCUT2D eigenvalue weighted by molar-refractivity contribution is -0.137. The summed E-state index contributed by atoms with van der Waals surface area (Å²) in [5.41, 5.74) is 5.82. The maximum atomic E-state index is 11.5. The molecule has 1 atom stereocenters. The molecule has 0 spiro atoms. The summed E-state index contributed by atoms with van der Waals surface area (Å²) in [7, 11) is 0. The van der Waals surface area contributed by atoms with Crippen LogP contribution in [0.2, 0.25) is 0 Å². The van der Waals surface area contributed by atoms with Gasteiger partial charge in [0.15, 0.2) is 5.78 Å². The number of carboxylic acid groups (broad SMARTS) is 1. The summed E-state index contributed by atoms with van der Waals surface area (Å²) < 4.78 is 0. The van der Waals surface area contributed by atoms with Crippen molar-refractivity contribution < 1.29 is 14.7 Å². The number of carbonyl (C=O) groups excluding carboxylic acids is 1. The van der Waals surface area contributed by atoms with Gasteiger partial charge in [0.2, 0.25) is 0 Å². The number of rotatable bonds is 4. The molecule has 3 N–H and O–H groups in total. The highest BCUT2D eigenvalue weighted by molar-refractivity contribution is 6.01. The van der Waals surface area contributed by atoms with Gasteiger partial charge in [-0.25, -0.2) is 0 Å². The van der Waals surface area contributed by atoms with E-state index in [1.165, 1.54) is 0 Å². The van der Waals surface area contributed by atoms with Gasteiger partial charge in [0.05, 0.1) is 12.5 Å². The van der Waals surface area contributed by atoms with Gasteiger partial charge in [-0.05, 0) is 6.07 Å². The maximum absolute atomic E-state index is 11.5. The lowest BCUT2D eigenvalue weighted by Gasteiger charge is -2.06. The Morgan fingerprint density at radius 2 is 2.00 bits per heavy atom. The van der Waals surface area contributed by atoms with Crippen molar-refractivity contribution in [1.82, 2.24) is 0 Å². The van der Waals surface area contributed by atoms with E-state index in [1.807, 2.05) is 0 Å². The van der Waals surface area contributed by atoms with Crippen LogP contribution in [0.15, 0.2) is 24.3 Å². The van der Waals surface area contributed by atoms with E-state index in [9.17, 15) is 9.59 Å². The van der Waals surface area contributed by atoms with E-state index in [-0.39, 0.29) is 12.2 Å². The summed E-state index contributed by atoms with van der Waals surface area (Å²) in [4.78, 5) is 21.8. The summed E-state index contributed by atoms with van der Waals surface area (Å²) in [6, 6.07) is 8.07. The quantitative estimate of drug-likeness (QED) is 0.679. The van der Waals surface area contributed by atoms with Crippen molar-refractivity contribution in [3.8, 4) is 0 Å². The Bertz CT molecular complexity index is 334. The zero-order valence-electron chi connectivity index (χ0n) is 7.43. The minimum Gasteiger partial charge on any atom is -0.481 e. The molecule has 0 bridgehead atoms. The molecule has 0 unspecified atom stereocenters. The monoisotopic (exact) mass is 192 g/mol. The fraction of sp³-hybridized carbons (Fsp3) is 0.200. The van der Waals surface area contributed by atoms with E-state index in [2.05, 4.69) is 6.07 Å². The molecule has 4 nitrogen and oxygen atoms in total. The number of ketones is 1. The fourth-order valence-corrected chi connectivity index (χ4v) is 1.05. The van der Waals surface area contributed by atoms with Gasteiger partial charge < -0.3 is 10.8 Å². The Morgan fingerprint density at radius 1 is 1.43 bits per heavy atom. The minimum atomic E-state index is -1.08. The standard InChI is InChI=1S/C10H10NO3/c11-8(6-9(12)13)10(14)7-4-2-1-3-5-7/h2-5,8H,6,11H2,(H,12,13)/t8-/m1/s1. The number of Topliss-reactive ketones (excluding diaryl/α,β-unsaturated/α-hetero) is 1. The second-order valence-electron chi connectivity index (χ2n) is 2.86. The van der Waals surface area contributed by atoms with Crippen LogP contribution in [0.4, 0.5) is 0 Å². The van der Waals surface area contributed by atoms with Gasteiger partial charge in [0.1, 0.15) is 0 Å². The summed E-state index contributed by atoms with van der Waals surface area (Å²) in [6.07, 6.45) is -0.350. The summed E-state index contributed by atoms with van der Waals surface area (Å²) in [5, 5.41) is 8.44. The van der Waals surface area contributed by atoms with Crippen molar-refractivity contribution in [1.29, 1.82) is 0 Å². The third-order valence-electron chi connectivity index (χ3n) is 1.73. The zero-order valence-corrected chi connectivity index (χ0v) is 7.43. The number of carbonyl (C=O) groups is 2. The maximum Gasteiger partial charge on any atom is 0.305 e. The number of hydrogen-bond acceptors (Lipinski definition) is 3. The predicted molar refractivity (Wildman–Crippen MR) is 49.8 cm³/mol. The number of benzene rings is 1. The molecule has 0 aliphatic carbocycles. The van der Waals surface area contributed by atoms with Gasteiger partial charge >= 0.3 is 5.97 Å². The first-order chi connectivity index (χ1) is 6.61. The third-order valence-corrected chi connectivity index (χ3v) is 1.73. The van der Waals surface area contributed by atoms with Crippen LogP contribution in [-0.2, 0) is 4.79 Å². The highest BCUT2D eigenvalue weighted by atomic mass is 16.4. The van der Waals surface area contributed by atoms with E-state index >= 15 is 0 Å². The smallest absolute Gasteiger partial charge is 0.305 e. The van der Waals surface area contributed by atoms with Crippen LogP contribution in [0.5, 0.6) is 0 Å². The molecule has 0 aliphatic rings. The molecule has 73 valence electrons. The van der Waals surface area contributed by atoms with Gasteiger partial charge in [0.25, 0.3) is 0 Å². The van der Waals surface area contributed by atoms with Gasteiger partial charge in [0, 0.05) is 5.56 Å². The first kappa shape index (κ1) is 10.4. The molecule has 0 heterocycles. The molecule has 0 saturated heterocycles. The molecule has 1 aromatic rings. The summed E-state index contributed by atoms with van der Waals surface area (Å²) in [5.74, 6) is -1.44. The van der Waals surface area contributed by atoms with Crippen molar-refractivity contribution >= 4 is 11.8 Å². The molecule has 14 heavy (non-hydrogen) atoms. The Labute approximate surface area is 81.3 Å². The number of aliphatic carboxylic acids is 1. The summed E-state index contributed by atoms with van der Waals surface area (Å²) in [6.45, 7) is 0. The largest absolute Gasteiger partial charge is 0.481 e. The van der Waals surface area contributed by atoms with Crippen molar-refractivity contribution in [3.05, 3.63) is 35.9 Å². The molecule has 1 rings (SSSR count). The Kier molecular flexibility index (Phi) is 3.36. The van der Waals surface area contributed by atoms with Gasteiger partial charge in [-0.1, -0.05) is 24.3 Å². The van der Waals surface area contributed by atoms with Gasteiger partial charge in [-0.3, -0.25) is 9.59 Å². The zero-order chi connectivity index (χ0) is 10.6. The highest BCUT2D eigenvalue weighted by Crippen LogP contribution is 2.03. The second kappa shape index (κ2) is 4.53. The average molecular weight is 192 g/mol. The van der Waals surface area contributed by atoms with E-state index in [0.29, 0.717) is 5.56 Å². The lowest BCUT2D eigenvalue weighted by atomic mass is 10.0. The first-order valence-corrected chi connectivity index (χ1v) is 4.09. The van der Waals surface area contributed by atoms with Crippen LogP contribution in [-0.4, -0.2) is 22.9 Å². The van der Waals surface area contributed by atoms with E-state index in [0.717, 1.165) is 0 Å². The van der Waals surface area contributed by atoms with Crippen LogP contribution in [0.1, 0.15) is 16.8 Å². The molecular weight excluding hydrogens is 182 g/mol. The van der Waals surface area contributed by atoms with Crippen LogP contribution in [0, 0.1) is 6.07 Å². The minimum absolute atomic E-state index is 0.350. The van der Waals surface area contributed by atoms with E-state index in [4.69, 9.17) is 10.8 Å². The molecule has 0 saturated carbocycles. The lowest BCUT2D eigenvalue weighted by Crippen LogP contribution is -2.32. The van der Waals surface area contributed by atoms with Crippen molar-refractivity contribution in [2.75, 3.05) is 0 Å². The predicted octanol–water partition coefficient (Wildman–Crippen LogP) is 0.471. The van der Waals surface area contributed by atoms with Crippen LogP contribution in [0.3, 0.4) is 0 Å². The van der Waals surface area contributed by atoms with E-state index in [1.54, 1.807) is 24.3 Å². The van der Waals surface area contributed by atoms with E-state index < -0.39 is 12.0 Å². The van der Waals surface area contributed by atoms with Crippen LogP contribution in [0.25, 0.3) is 0 Å². The third kappa shape index (κ3) is 2.67.